The van der Waals surface area contributed by atoms with Crippen molar-refractivity contribution >= 4 is 47.0 Å². The Hall–Kier alpha value is -1.76. The van der Waals surface area contributed by atoms with E-state index in [0.29, 0.717) is 37.0 Å². The molecule has 1 aliphatic rings. The molecule has 0 radical (unpaired) electrons. The maximum atomic E-state index is 12.2. The van der Waals surface area contributed by atoms with Gasteiger partial charge in [-0.2, -0.15) is 0 Å². The third kappa shape index (κ3) is 9.52. The maximum absolute atomic E-state index is 12.2. The van der Waals surface area contributed by atoms with Crippen molar-refractivity contribution in [3.63, 3.8) is 0 Å². The number of hydrogen-bond donors (Lipinski definition) is 2. The topological polar surface area (TPSA) is 78.9 Å². The van der Waals surface area contributed by atoms with Gasteiger partial charge in [-0.25, -0.2) is 4.79 Å². The smallest absolute Gasteiger partial charge is 0.412 e. The molecule has 2 rings (SSSR count). The fourth-order valence-electron chi connectivity index (χ4n) is 3.03. The number of alkyl halides is 2. The summed E-state index contributed by atoms with van der Waals surface area (Å²) in [6, 6.07) is 7.48. The average Bonchev–Trinajstić information content (AvgIpc) is 2.72. The van der Waals surface area contributed by atoms with Gasteiger partial charge in [0.1, 0.15) is 12.4 Å². The Bertz CT molecular complexity index is 620. The van der Waals surface area contributed by atoms with Crippen LogP contribution in [0.5, 0.6) is 0 Å². The summed E-state index contributed by atoms with van der Waals surface area (Å²) in [5, 5.41) is 9.75. The number of rotatable bonds is 8. The number of hydrogen-bond acceptors (Lipinski definition) is 5. The van der Waals surface area contributed by atoms with Crippen molar-refractivity contribution in [1.29, 1.82) is 0 Å². The van der Waals surface area contributed by atoms with Crippen LogP contribution in [0.15, 0.2) is 36.4 Å². The van der Waals surface area contributed by atoms with E-state index < -0.39 is 6.09 Å². The van der Waals surface area contributed by atoms with Crippen LogP contribution in [-0.4, -0.2) is 55.5 Å². The molecule has 1 aromatic carbocycles. The van der Waals surface area contributed by atoms with E-state index in [2.05, 4.69) is 10.2 Å². The van der Waals surface area contributed by atoms with Crippen LogP contribution in [0, 0.1) is 5.92 Å². The Morgan fingerprint density at radius 3 is 2.41 bits per heavy atom. The Balaban J connectivity index is 0.00000204. The summed E-state index contributed by atoms with van der Waals surface area (Å²) in [5.41, 5.74) is 1.65. The van der Waals surface area contributed by atoms with Crippen LogP contribution in [0.1, 0.15) is 25.7 Å². The van der Waals surface area contributed by atoms with E-state index in [1.54, 1.807) is 0 Å². The van der Waals surface area contributed by atoms with Gasteiger partial charge >= 0.3 is 6.09 Å². The highest BCUT2D eigenvalue weighted by atomic mass is 35.5. The Morgan fingerprint density at radius 2 is 1.83 bits per heavy atom. The monoisotopic (exact) mass is 444 g/mol. The highest BCUT2D eigenvalue weighted by molar-refractivity contribution is 6.18. The number of anilines is 2. The quantitative estimate of drug-likeness (QED) is 0.351. The molecule has 6 nitrogen and oxygen atoms in total. The third-order valence-electron chi connectivity index (χ3n) is 4.52. The standard InChI is InChI=1S/C20H26Cl2N2O3.CH4O/c21-11-13-24(14-12-22)18-8-6-17(7-9-18)23-20(26)27-19-4-2-1-3-16(15-25)5-10-19;1-2/h2,4,6-9,15-16,19H,1,3,5,10-14H2,(H,23,26);2H,1H3/b4-2+;. The van der Waals surface area contributed by atoms with E-state index in [0.717, 1.165) is 38.3 Å². The normalized spacial score (nSPS) is 19.6. The molecular formula is C21H30Cl2N2O4. The maximum Gasteiger partial charge on any atom is 0.412 e. The van der Waals surface area contributed by atoms with E-state index in [1.165, 1.54) is 0 Å². The van der Waals surface area contributed by atoms with Gasteiger partial charge in [-0.15, -0.1) is 23.2 Å². The highest BCUT2D eigenvalue weighted by Crippen LogP contribution is 2.21. The number of benzene rings is 1. The molecule has 29 heavy (non-hydrogen) atoms. The largest absolute Gasteiger partial charge is 0.442 e. The molecule has 2 unspecified atom stereocenters. The first-order valence-corrected chi connectivity index (χ1v) is 10.7. The van der Waals surface area contributed by atoms with Gasteiger partial charge in [0.05, 0.1) is 0 Å². The number of aliphatic hydroxyl groups excluding tert-OH is 1. The fourth-order valence-corrected chi connectivity index (χ4v) is 3.43. The number of nitrogens with zero attached hydrogens (tertiary/aromatic N) is 1. The summed E-state index contributed by atoms with van der Waals surface area (Å²) in [6.07, 6.45) is 7.13. The Labute approximate surface area is 182 Å². The van der Waals surface area contributed by atoms with Crippen LogP contribution in [0.3, 0.4) is 0 Å². The molecule has 1 aliphatic carbocycles. The van der Waals surface area contributed by atoms with Crippen molar-refractivity contribution in [2.45, 2.75) is 31.8 Å². The van der Waals surface area contributed by atoms with Crippen molar-refractivity contribution in [2.75, 3.05) is 42.2 Å². The highest BCUT2D eigenvalue weighted by Gasteiger charge is 2.17. The summed E-state index contributed by atoms with van der Waals surface area (Å²) < 4.78 is 5.48. The van der Waals surface area contributed by atoms with E-state index in [9.17, 15) is 9.59 Å². The van der Waals surface area contributed by atoms with Gasteiger partial charge in [-0.3, -0.25) is 5.32 Å². The van der Waals surface area contributed by atoms with Gasteiger partial charge in [0.15, 0.2) is 0 Å². The lowest BCUT2D eigenvalue weighted by Gasteiger charge is -2.23. The second kappa shape index (κ2) is 15.1. The molecule has 0 heterocycles. The van der Waals surface area contributed by atoms with Crippen molar-refractivity contribution < 1.29 is 19.4 Å². The minimum absolute atomic E-state index is 0.0422. The summed E-state index contributed by atoms with van der Waals surface area (Å²) in [6.45, 7) is 1.41. The zero-order chi connectivity index (χ0) is 21.5. The van der Waals surface area contributed by atoms with Crippen LogP contribution >= 0.6 is 23.2 Å². The fraction of sp³-hybridized carbons (Fsp3) is 0.524. The SMILES string of the molecule is CO.O=CC1CC/C=C/C(OC(=O)Nc2ccc(N(CCCl)CCCl)cc2)CC1. The Kier molecular flexibility index (Phi) is 13.2. The number of ether oxygens (including phenoxy) is 1. The molecule has 0 saturated heterocycles. The molecule has 0 spiro atoms. The number of carbonyl (C=O) groups is 2. The summed E-state index contributed by atoms with van der Waals surface area (Å²) in [5.74, 6) is 1.08. The van der Waals surface area contributed by atoms with Gasteiger partial charge in [0, 0.05) is 49.3 Å². The predicted molar refractivity (Wildman–Crippen MR) is 119 cm³/mol. The number of aldehydes is 1. The number of nitrogens with one attached hydrogen (secondary N) is 1. The molecule has 1 amide bonds. The van der Waals surface area contributed by atoms with Gasteiger partial charge < -0.3 is 19.5 Å². The van der Waals surface area contributed by atoms with E-state index in [1.807, 2.05) is 36.4 Å². The van der Waals surface area contributed by atoms with Gasteiger partial charge in [-0.1, -0.05) is 6.08 Å². The van der Waals surface area contributed by atoms with E-state index in [4.69, 9.17) is 33.0 Å². The van der Waals surface area contributed by atoms with Crippen LogP contribution < -0.4 is 10.2 Å². The minimum Gasteiger partial charge on any atom is -0.442 e. The number of halogens is 2. The summed E-state index contributed by atoms with van der Waals surface area (Å²) >= 11 is 11.7. The molecule has 0 aromatic heterocycles. The Morgan fingerprint density at radius 1 is 1.17 bits per heavy atom. The lowest BCUT2D eigenvalue weighted by molar-refractivity contribution is -0.111. The van der Waals surface area contributed by atoms with Crippen molar-refractivity contribution in [3.05, 3.63) is 36.4 Å². The van der Waals surface area contributed by atoms with E-state index in [-0.39, 0.29) is 12.0 Å². The number of aliphatic hydroxyl groups is 1. The zero-order valence-corrected chi connectivity index (χ0v) is 18.2. The van der Waals surface area contributed by atoms with Crippen LogP contribution in [0.2, 0.25) is 0 Å². The van der Waals surface area contributed by atoms with Crippen LogP contribution in [0.25, 0.3) is 0 Å². The molecule has 162 valence electrons. The molecule has 1 aromatic rings. The number of amides is 1. The van der Waals surface area contributed by atoms with Gasteiger partial charge in [-0.05, 0) is 56.0 Å². The molecule has 0 fully saturated rings. The lowest BCUT2D eigenvalue weighted by atomic mass is 9.94. The second-order valence-electron chi connectivity index (χ2n) is 6.46. The van der Waals surface area contributed by atoms with Crippen molar-refractivity contribution in [2.24, 2.45) is 5.92 Å². The molecule has 8 heteroatoms. The lowest BCUT2D eigenvalue weighted by Crippen LogP contribution is -2.27. The first kappa shape index (κ1) is 25.3. The summed E-state index contributed by atoms with van der Waals surface area (Å²) in [7, 11) is 1.00. The van der Waals surface area contributed by atoms with Crippen molar-refractivity contribution in [1.82, 2.24) is 0 Å². The minimum atomic E-state index is -0.501. The first-order valence-electron chi connectivity index (χ1n) is 9.67. The molecule has 0 saturated carbocycles. The molecule has 0 bridgehead atoms. The molecular weight excluding hydrogens is 415 g/mol. The number of allylic oxidation sites excluding steroid dienone is 1. The summed E-state index contributed by atoms with van der Waals surface area (Å²) in [4.78, 5) is 25.2. The second-order valence-corrected chi connectivity index (χ2v) is 7.22. The zero-order valence-electron chi connectivity index (χ0n) is 16.7. The van der Waals surface area contributed by atoms with Gasteiger partial charge in [0.2, 0.25) is 0 Å². The van der Waals surface area contributed by atoms with Crippen LogP contribution in [0.4, 0.5) is 16.2 Å². The van der Waals surface area contributed by atoms with Crippen molar-refractivity contribution in [3.8, 4) is 0 Å². The van der Waals surface area contributed by atoms with Gasteiger partial charge in [0.25, 0.3) is 0 Å². The first-order chi connectivity index (χ1) is 14.2. The molecule has 0 aliphatic heterocycles. The third-order valence-corrected chi connectivity index (χ3v) is 4.85. The number of carbonyl (C=O) groups excluding carboxylic acids is 2. The molecule has 2 atom stereocenters. The van der Waals surface area contributed by atoms with Crippen LogP contribution in [-0.2, 0) is 9.53 Å². The van der Waals surface area contributed by atoms with E-state index >= 15 is 0 Å². The predicted octanol–water partition coefficient (Wildman–Crippen LogP) is 4.44. The average molecular weight is 445 g/mol. The molecule has 2 N–H and O–H groups in total.